The van der Waals surface area contributed by atoms with Crippen molar-refractivity contribution >= 4 is 11.7 Å². The van der Waals surface area contributed by atoms with Gasteiger partial charge >= 0.3 is 0 Å². The SMILES string of the molecule is O=C(Nc1cc(F)ccn1)c1cc(F)cc(Oc2cncnc2)c1. The van der Waals surface area contributed by atoms with Gasteiger partial charge in [-0.1, -0.05) is 0 Å². The maximum Gasteiger partial charge on any atom is 0.257 e. The number of rotatable bonds is 4. The summed E-state index contributed by atoms with van der Waals surface area (Å²) >= 11 is 0. The fourth-order valence-corrected chi connectivity index (χ4v) is 1.89. The molecule has 0 unspecified atom stereocenters. The Morgan fingerprint density at radius 3 is 2.54 bits per heavy atom. The monoisotopic (exact) mass is 328 g/mol. The van der Waals surface area contributed by atoms with Gasteiger partial charge in [0.15, 0.2) is 5.75 Å². The number of hydrogen-bond acceptors (Lipinski definition) is 5. The Balaban J connectivity index is 1.81. The van der Waals surface area contributed by atoms with E-state index < -0.39 is 17.5 Å². The Labute approximate surface area is 135 Å². The molecule has 2 aromatic heterocycles. The maximum absolute atomic E-state index is 13.7. The molecule has 120 valence electrons. The third-order valence-corrected chi connectivity index (χ3v) is 2.87. The first-order valence-electron chi connectivity index (χ1n) is 6.76. The second kappa shape index (κ2) is 6.78. The molecule has 0 saturated carbocycles. The molecule has 0 spiro atoms. The molecule has 24 heavy (non-hydrogen) atoms. The van der Waals surface area contributed by atoms with Crippen LogP contribution in [-0.4, -0.2) is 20.9 Å². The van der Waals surface area contributed by atoms with Crippen LogP contribution in [0.3, 0.4) is 0 Å². The van der Waals surface area contributed by atoms with Crippen molar-refractivity contribution < 1.29 is 18.3 Å². The van der Waals surface area contributed by atoms with Crippen LogP contribution in [0.15, 0.2) is 55.2 Å². The van der Waals surface area contributed by atoms with Crippen molar-refractivity contribution in [2.45, 2.75) is 0 Å². The molecular formula is C16H10F2N4O2. The topological polar surface area (TPSA) is 77.0 Å². The van der Waals surface area contributed by atoms with E-state index in [2.05, 4.69) is 20.3 Å². The Morgan fingerprint density at radius 2 is 1.79 bits per heavy atom. The largest absolute Gasteiger partial charge is 0.454 e. The van der Waals surface area contributed by atoms with E-state index in [4.69, 9.17) is 4.74 Å². The number of hydrogen-bond donors (Lipinski definition) is 1. The number of halogens is 2. The minimum atomic E-state index is -0.665. The molecule has 6 nitrogen and oxygen atoms in total. The maximum atomic E-state index is 13.7. The summed E-state index contributed by atoms with van der Waals surface area (Å²) in [5, 5.41) is 2.38. The van der Waals surface area contributed by atoms with Crippen molar-refractivity contribution in [3.8, 4) is 11.5 Å². The number of nitrogens with one attached hydrogen (secondary N) is 1. The van der Waals surface area contributed by atoms with E-state index in [-0.39, 0.29) is 17.1 Å². The number of benzene rings is 1. The van der Waals surface area contributed by atoms with Gasteiger partial charge in [-0.2, -0.15) is 0 Å². The predicted octanol–water partition coefficient (Wildman–Crippen LogP) is 3.19. The summed E-state index contributed by atoms with van der Waals surface area (Å²) in [7, 11) is 0. The molecule has 3 aromatic rings. The quantitative estimate of drug-likeness (QED) is 0.796. The summed E-state index contributed by atoms with van der Waals surface area (Å²) < 4.78 is 32.2. The summed E-state index contributed by atoms with van der Waals surface area (Å²) in [6.07, 6.45) is 5.33. The highest BCUT2D eigenvalue weighted by Gasteiger charge is 2.12. The van der Waals surface area contributed by atoms with Crippen molar-refractivity contribution in [3.05, 3.63) is 72.4 Å². The van der Waals surface area contributed by atoms with E-state index in [1.54, 1.807) is 0 Å². The Kier molecular flexibility index (Phi) is 4.37. The van der Waals surface area contributed by atoms with E-state index in [1.807, 2.05) is 0 Å². The van der Waals surface area contributed by atoms with Gasteiger partial charge in [-0.05, 0) is 18.2 Å². The van der Waals surface area contributed by atoms with E-state index in [0.717, 1.165) is 24.3 Å². The van der Waals surface area contributed by atoms with E-state index in [1.165, 1.54) is 31.0 Å². The molecule has 0 saturated heterocycles. The summed E-state index contributed by atoms with van der Waals surface area (Å²) in [6.45, 7) is 0. The van der Waals surface area contributed by atoms with Crippen LogP contribution in [0.2, 0.25) is 0 Å². The van der Waals surface area contributed by atoms with Crippen molar-refractivity contribution in [1.82, 2.24) is 15.0 Å². The van der Waals surface area contributed by atoms with Gasteiger partial charge in [0, 0.05) is 23.9 Å². The first kappa shape index (κ1) is 15.5. The molecular weight excluding hydrogens is 318 g/mol. The second-order valence-corrected chi connectivity index (χ2v) is 4.67. The molecule has 1 N–H and O–H groups in total. The van der Waals surface area contributed by atoms with Gasteiger partial charge in [-0.3, -0.25) is 4.79 Å². The highest BCUT2D eigenvalue weighted by atomic mass is 19.1. The fraction of sp³-hybridized carbons (Fsp3) is 0. The van der Waals surface area contributed by atoms with Gasteiger partial charge in [0.2, 0.25) is 0 Å². The van der Waals surface area contributed by atoms with Crippen LogP contribution < -0.4 is 10.1 Å². The lowest BCUT2D eigenvalue weighted by molar-refractivity contribution is 0.102. The van der Waals surface area contributed by atoms with Gasteiger partial charge < -0.3 is 10.1 Å². The van der Waals surface area contributed by atoms with Gasteiger partial charge in [0.05, 0.1) is 12.4 Å². The van der Waals surface area contributed by atoms with Crippen LogP contribution in [0, 0.1) is 11.6 Å². The van der Waals surface area contributed by atoms with Crippen LogP contribution in [0.25, 0.3) is 0 Å². The van der Waals surface area contributed by atoms with Crippen LogP contribution in [0.5, 0.6) is 11.5 Å². The molecule has 0 aliphatic carbocycles. The van der Waals surface area contributed by atoms with Crippen molar-refractivity contribution in [2.75, 3.05) is 5.32 Å². The molecule has 3 rings (SSSR count). The number of amides is 1. The standard InChI is InChI=1S/C16H10F2N4O2/c17-11-1-2-21-15(6-11)22-16(23)10-3-12(18)5-13(4-10)24-14-7-19-9-20-8-14/h1-9H,(H,21,22,23). The highest BCUT2D eigenvalue weighted by molar-refractivity contribution is 6.04. The predicted molar refractivity (Wildman–Crippen MR) is 80.7 cm³/mol. The first-order valence-corrected chi connectivity index (χ1v) is 6.76. The number of carbonyl (C=O) groups is 1. The zero-order valence-electron chi connectivity index (χ0n) is 12.1. The molecule has 0 fully saturated rings. The molecule has 0 atom stereocenters. The van der Waals surface area contributed by atoms with Gasteiger partial charge in [-0.15, -0.1) is 0 Å². The lowest BCUT2D eigenvalue weighted by Gasteiger charge is -2.08. The fourth-order valence-electron chi connectivity index (χ4n) is 1.89. The van der Waals surface area contributed by atoms with E-state index in [0.29, 0.717) is 5.75 Å². The van der Waals surface area contributed by atoms with Crippen LogP contribution >= 0.6 is 0 Å². The van der Waals surface area contributed by atoms with Crippen LogP contribution in [0.1, 0.15) is 10.4 Å². The zero-order chi connectivity index (χ0) is 16.9. The number of anilines is 1. The number of pyridine rings is 1. The van der Waals surface area contributed by atoms with Gasteiger partial charge in [0.25, 0.3) is 5.91 Å². The minimum Gasteiger partial charge on any atom is -0.454 e. The van der Waals surface area contributed by atoms with Crippen molar-refractivity contribution in [3.63, 3.8) is 0 Å². The molecule has 0 bridgehead atoms. The minimum absolute atomic E-state index is 0.00656. The van der Waals surface area contributed by atoms with Gasteiger partial charge in [0.1, 0.15) is 29.5 Å². The van der Waals surface area contributed by atoms with E-state index >= 15 is 0 Å². The summed E-state index contributed by atoms with van der Waals surface area (Å²) in [5.41, 5.74) is -0.00656. The lowest BCUT2D eigenvalue weighted by atomic mass is 10.2. The molecule has 0 aliphatic rings. The van der Waals surface area contributed by atoms with Crippen molar-refractivity contribution in [1.29, 1.82) is 0 Å². The third-order valence-electron chi connectivity index (χ3n) is 2.87. The number of ether oxygens (including phenoxy) is 1. The van der Waals surface area contributed by atoms with Crippen molar-refractivity contribution in [2.24, 2.45) is 0 Å². The first-order chi connectivity index (χ1) is 11.6. The van der Waals surface area contributed by atoms with Crippen LogP contribution in [0.4, 0.5) is 14.6 Å². The Hall–Kier alpha value is -3.42. The summed E-state index contributed by atoms with van der Waals surface area (Å²) in [6, 6.07) is 5.68. The Bertz CT molecular complexity index is 875. The zero-order valence-corrected chi connectivity index (χ0v) is 12.1. The number of aromatic nitrogens is 3. The van der Waals surface area contributed by atoms with Crippen LogP contribution in [-0.2, 0) is 0 Å². The Morgan fingerprint density at radius 1 is 1.00 bits per heavy atom. The smallest absolute Gasteiger partial charge is 0.257 e. The molecule has 1 aromatic carbocycles. The number of nitrogens with zero attached hydrogens (tertiary/aromatic N) is 3. The summed E-state index contributed by atoms with van der Waals surface area (Å²) in [5.74, 6) is -1.46. The second-order valence-electron chi connectivity index (χ2n) is 4.67. The number of carbonyl (C=O) groups excluding carboxylic acids is 1. The molecule has 0 radical (unpaired) electrons. The average molecular weight is 328 g/mol. The molecule has 1 amide bonds. The summed E-state index contributed by atoms with van der Waals surface area (Å²) in [4.78, 5) is 23.5. The molecule has 8 heteroatoms. The lowest BCUT2D eigenvalue weighted by Crippen LogP contribution is -2.13. The highest BCUT2D eigenvalue weighted by Crippen LogP contribution is 2.23. The van der Waals surface area contributed by atoms with E-state index in [9.17, 15) is 13.6 Å². The third kappa shape index (κ3) is 3.86. The molecule has 2 heterocycles. The molecule has 0 aliphatic heterocycles. The van der Waals surface area contributed by atoms with Gasteiger partial charge in [-0.25, -0.2) is 23.7 Å². The average Bonchev–Trinajstić information content (AvgIpc) is 2.55. The normalized spacial score (nSPS) is 10.2.